The van der Waals surface area contributed by atoms with E-state index >= 15 is 0 Å². The Kier molecular flexibility index (Phi) is 5.97. The second-order valence-corrected chi connectivity index (χ2v) is 9.94. The van der Waals surface area contributed by atoms with Crippen LogP contribution in [0.3, 0.4) is 0 Å². The number of nitrogens with one attached hydrogen (secondary N) is 1. The van der Waals surface area contributed by atoms with Crippen LogP contribution in [0.25, 0.3) is 11.3 Å². The van der Waals surface area contributed by atoms with Crippen LogP contribution in [0.15, 0.2) is 59.2 Å². The highest BCUT2D eigenvalue weighted by Gasteiger charge is 2.43. The Morgan fingerprint density at radius 2 is 1.84 bits per heavy atom. The quantitative estimate of drug-likeness (QED) is 0.458. The van der Waals surface area contributed by atoms with E-state index in [0.717, 1.165) is 30.6 Å². The smallest absolute Gasteiger partial charge is 0.393 e. The number of alkyl halides is 3. The minimum absolute atomic E-state index is 0.0680. The molecule has 2 bridgehead atoms. The van der Waals surface area contributed by atoms with Gasteiger partial charge < -0.3 is 19.5 Å². The third-order valence-corrected chi connectivity index (χ3v) is 7.52. The standard InChI is InChI=1S/C27H28F3N5O2/c28-27(29,30)19-6-2-13-34(16-19)24-11-10-22-25(32-24)35(21-8-3-12-33(22)17-21)26(36)31-20-7-1-5-18(15-20)23-9-4-14-37-23/h1,4-5,7,9-11,14-15,19,21H,2-3,6,8,12-13,16-17H2,(H,31,36)/t19?,21-/m1/s1. The van der Waals surface area contributed by atoms with E-state index in [0.29, 0.717) is 42.6 Å². The molecule has 2 saturated heterocycles. The topological polar surface area (TPSA) is 64.9 Å². The summed E-state index contributed by atoms with van der Waals surface area (Å²) in [6.07, 6.45) is -0.265. The molecule has 2 aromatic heterocycles. The van der Waals surface area contributed by atoms with Crippen molar-refractivity contribution >= 4 is 29.0 Å². The lowest BCUT2D eigenvalue weighted by atomic mass is 9.97. The fraction of sp³-hybridized carbons (Fsp3) is 0.407. The number of carbonyl (C=O) groups excluding carboxylic acids is 1. The van der Waals surface area contributed by atoms with Crippen molar-refractivity contribution in [2.45, 2.75) is 37.9 Å². The van der Waals surface area contributed by atoms with Gasteiger partial charge in [-0.15, -0.1) is 0 Å². The Labute approximate surface area is 212 Å². The zero-order chi connectivity index (χ0) is 25.6. The number of pyridine rings is 1. The highest BCUT2D eigenvalue weighted by molar-refractivity contribution is 6.04. The minimum Gasteiger partial charge on any atom is -0.464 e. The summed E-state index contributed by atoms with van der Waals surface area (Å²) >= 11 is 0. The summed E-state index contributed by atoms with van der Waals surface area (Å²) < 4.78 is 45.8. The first kappa shape index (κ1) is 23.7. The molecule has 2 fully saturated rings. The minimum atomic E-state index is -4.23. The SMILES string of the molecule is O=C(Nc1cccc(-c2ccco2)c1)N1c2nc(N3CCCC(C(F)(F)F)C3)ccc2N2CCC[C@@H]1C2. The Hall–Kier alpha value is -3.69. The number of hydrogen-bond donors (Lipinski definition) is 1. The van der Waals surface area contributed by atoms with E-state index in [9.17, 15) is 18.0 Å². The molecule has 7 nitrogen and oxygen atoms in total. The van der Waals surface area contributed by atoms with E-state index in [2.05, 4.69) is 10.2 Å². The summed E-state index contributed by atoms with van der Waals surface area (Å²) in [4.78, 5) is 24.1. The van der Waals surface area contributed by atoms with Crippen LogP contribution in [0.2, 0.25) is 0 Å². The average Bonchev–Trinajstić information content (AvgIpc) is 3.44. The number of aromatic nitrogens is 1. The van der Waals surface area contributed by atoms with Gasteiger partial charge in [-0.25, -0.2) is 9.78 Å². The first-order valence-corrected chi connectivity index (χ1v) is 12.7. The van der Waals surface area contributed by atoms with Gasteiger partial charge in [0.05, 0.1) is 23.9 Å². The molecule has 5 heterocycles. The van der Waals surface area contributed by atoms with Crippen LogP contribution in [0, 0.1) is 5.92 Å². The van der Waals surface area contributed by atoms with Gasteiger partial charge in [-0.2, -0.15) is 13.2 Å². The molecule has 0 aliphatic carbocycles. The molecule has 2 atom stereocenters. The number of fused-ring (bicyclic) bond motifs is 4. The first-order chi connectivity index (χ1) is 17.9. The maximum atomic E-state index is 13.7. The van der Waals surface area contributed by atoms with E-state index in [-0.39, 0.29) is 25.0 Å². The molecule has 1 aromatic carbocycles. The van der Waals surface area contributed by atoms with Crippen molar-refractivity contribution in [3.05, 3.63) is 54.8 Å². The predicted octanol–water partition coefficient (Wildman–Crippen LogP) is 6.14. The second-order valence-electron chi connectivity index (χ2n) is 9.94. The zero-order valence-corrected chi connectivity index (χ0v) is 20.2. The van der Waals surface area contributed by atoms with Crippen LogP contribution < -0.4 is 20.0 Å². The van der Waals surface area contributed by atoms with Gasteiger partial charge in [0, 0.05) is 37.4 Å². The van der Waals surface area contributed by atoms with Crippen molar-refractivity contribution in [1.82, 2.24) is 4.98 Å². The summed E-state index contributed by atoms with van der Waals surface area (Å²) in [5, 5.41) is 3.01. The molecule has 0 saturated carbocycles. The molecule has 194 valence electrons. The van der Waals surface area contributed by atoms with E-state index in [1.807, 2.05) is 42.5 Å². The van der Waals surface area contributed by atoms with Crippen LogP contribution in [-0.4, -0.2) is 49.4 Å². The molecule has 1 N–H and O–H groups in total. The average molecular weight is 512 g/mol. The van der Waals surface area contributed by atoms with Gasteiger partial charge in [-0.05, 0) is 62.1 Å². The lowest BCUT2D eigenvalue weighted by molar-refractivity contribution is -0.176. The maximum Gasteiger partial charge on any atom is 0.393 e. The molecule has 3 aromatic rings. The molecule has 2 amide bonds. The van der Waals surface area contributed by atoms with Crippen molar-refractivity contribution < 1.29 is 22.4 Å². The fourth-order valence-corrected chi connectivity index (χ4v) is 5.68. The van der Waals surface area contributed by atoms with Crippen molar-refractivity contribution in [2.75, 3.05) is 46.2 Å². The van der Waals surface area contributed by atoms with E-state index in [1.165, 1.54) is 0 Å². The Morgan fingerprint density at radius 3 is 2.65 bits per heavy atom. The van der Waals surface area contributed by atoms with E-state index in [1.54, 1.807) is 22.1 Å². The van der Waals surface area contributed by atoms with E-state index < -0.39 is 12.1 Å². The summed E-state index contributed by atoms with van der Waals surface area (Å²) in [5.41, 5.74) is 2.30. The summed E-state index contributed by atoms with van der Waals surface area (Å²) in [6, 6.07) is 14.4. The molecule has 10 heteroatoms. The normalized spacial score (nSPS) is 21.5. The third-order valence-electron chi connectivity index (χ3n) is 7.52. The largest absolute Gasteiger partial charge is 0.464 e. The number of rotatable bonds is 3. The molecule has 37 heavy (non-hydrogen) atoms. The second kappa shape index (κ2) is 9.32. The Balaban J connectivity index is 1.30. The van der Waals surface area contributed by atoms with Crippen molar-refractivity contribution in [1.29, 1.82) is 0 Å². The number of benzene rings is 1. The molecular formula is C27H28F3N5O2. The molecule has 6 rings (SSSR count). The number of piperidine rings is 2. The molecular weight excluding hydrogens is 483 g/mol. The number of furan rings is 1. The highest BCUT2D eigenvalue weighted by Crippen LogP contribution is 2.41. The van der Waals surface area contributed by atoms with Crippen LogP contribution >= 0.6 is 0 Å². The van der Waals surface area contributed by atoms with Gasteiger partial charge in [0.2, 0.25) is 0 Å². The van der Waals surface area contributed by atoms with Crippen LogP contribution in [0.1, 0.15) is 25.7 Å². The third kappa shape index (κ3) is 4.60. The Bertz CT molecular complexity index is 1280. The van der Waals surface area contributed by atoms with Crippen LogP contribution in [0.5, 0.6) is 0 Å². The van der Waals surface area contributed by atoms with Crippen LogP contribution in [0.4, 0.5) is 41.0 Å². The molecule has 3 aliphatic rings. The van der Waals surface area contributed by atoms with Crippen molar-refractivity contribution in [2.24, 2.45) is 5.92 Å². The number of hydrogen-bond acceptors (Lipinski definition) is 5. The van der Waals surface area contributed by atoms with Gasteiger partial charge in [0.25, 0.3) is 0 Å². The van der Waals surface area contributed by atoms with E-state index in [4.69, 9.17) is 9.40 Å². The van der Waals surface area contributed by atoms with Gasteiger partial charge in [0.15, 0.2) is 5.82 Å². The fourth-order valence-electron chi connectivity index (χ4n) is 5.68. The number of halogens is 3. The molecule has 0 radical (unpaired) electrons. The number of anilines is 4. The number of urea groups is 1. The van der Waals surface area contributed by atoms with Gasteiger partial charge in [-0.1, -0.05) is 12.1 Å². The van der Waals surface area contributed by atoms with Crippen LogP contribution in [-0.2, 0) is 0 Å². The van der Waals surface area contributed by atoms with Gasteiger partial charge in [0.1, 0.15) is 11.6 Å². The number of nitrogens with zero attached hydrogens (tertiary/aromatic N) is 4. The zero-order valence-electron chi connectivity index (χ0n) is 20.2. The number of amides is 2. The summed E-state index contributed by atoms with van der Waals surface area (Å²) in [6.45, 7) is 1.96. The lowest BCUT2D eigenvalue weighted by Gasteiger charge is -2.46. The lowest BCUT2D eigenvalue weighted by Crippen LogP contribution is -2.56. The van der Waals surface area contributed by atoms with Gasteiger partial charge >= 0.3 is 12.2 Å². The molecule has 1 unspecified atom stereocenters. The van der Waals surface area contributed by atoms with Crippen molar-refractivity contribution in [3.63, 3.8) is 0 Å². The molecule has 3 aliphatic heterocycles. The maximum absolute atomic E-state index is 13.7. The summed E-state index contributed by atoms with van der Waals surface area (Å²) in [5.74, 6) is 0.309. The predicted molar refractivity (Wildman–Crippen MR) is 136 cm³/mol. The number of carbonyl (C=O) groups is 1. The monoisotopic (exact) mass is 511 g/mol. The summed E-state index contributed by atoms with van der Waals surface area (Å²) in [7, 11) is 0. The Morgan fingerprint density at radius 1 is 1.00 bits per heavy atom. The highest BCUT2D eigenvalue weighted by atomic mass is 19.4. The van der Waals surface area contributed by atoms with Gasteiger partial charge in [-0.3, -0.25) is 4.90 Å². The van der Waals surface area contributed by atoms with Crippen molar-refractivity contribution in [3.8, 4) is 11.3 Å². The molecule has 0 spiro atoms. The first-order valence-electron chi connectivity index (χ1n) is 12.7.